The minimum Gasteiger partial charge on any atom is -0.493 e. The summed E-state index contributed by atoms with van der Waals surface area (Å²) >= 11 is 1.40. The summed E-state index contributed by atoms with van der Waals surface area (Å²) in [6, 6.07) is 10.9. The molecular formula is C21H19F2N3O2S. The number of anilines is 2. The Morgan fingerprint density at radius 1 is 1.24 bits per heavy atom. The molecule has 8 heteroatoms. The molecule has 3 heterocycles. The van der Waals surface area contributed by atoms with Gasteiger partial charge in [-0.15, -0.1) is 0 Å². The van der Waals surface area contributed by atoms with Gasteiger partial charge in [-0.2, -0.15) is 0 Å². The number of hydrogen-bond donors (Lipinski definition) is 1. The zero-order chi connectivity index (χ0) is 20.0. The van der Waals surface area contributed by atoms with Gasteiger partial charge in [0.15, 0.2) is 5.13 Å². The van der Waals surface area contributed by atoms with Crippen molar-refractivity contribution >= 4 is 38.3 Å². The summed E-state index contributed by atoms with van der Waals surface area (Å²) in [4.78, 5) is 18.8. The van der Waals surface area contributed by atoms with E-state index in [9.17, 15) is 13.6 Å². The third-order valence-electron chi connectivity index (χ3n) is 5.25. The molecule has 150 valence electrons. The number of rotatable bonds is 3. The van der Waals surface area contributed by atoms with Crippen molar-refractivity contribution in [3.05, 3.63) is 47.5 Å². The van der Waals surface area contributed by atoms with E-state index < -0.39 is 5.92 Å². The molecular weight excluding hydrogens is 396 g/mol. The van der Waals surface area contributed by atoms with Crippen LogP contribution in [0.1, 0.15) is 28.8 Å². The number of amides is 1. The molecule has 3 aromatic rings. The van der Waals surface area contributed by atoms with Crippen molar-refractivity contribution in [2.24, 2.45) is 0 Å². The Morgan fingerprint density at radius 3 is 3.00 bits per heavy atom. The van der Waals surface area contributed by atoms with Crippen molar-refractivity contribution in [3.63, 3.8) is 0 Å². The Balaban J connectivity index is 1.35. The predicted molar refractivity (Wildman–Crippen MR) is 110 cm³/mol. The van der Waals surface area contributed by atoms with E-state index in [1.807, 2.05) is 24.3 Å². The molecule has 1 aromatic heterocycles. The lowest BCUT2D eigenvalue weighted by molar-refractivity contribution is -0.0116. The van der Waals surface area contributed by atoms with Crippen molar-refractivity contribution < 1.29 is 18.3 Å². The minimum absolute atomic E-state index is 0.0700. The summed E-state index contributed by atoms with van der Waals surface area (Å²) in [5, 5.41) is 3.49. The molecule has 1 N–H and O–H groups in total. The summed E-state index contributed by atoms with van der Waals surface area (Å²) in [6.07, 6.45) is 1.19. The Morgan fingerprint density at radius 2 is 2.14 bits per heavy atom. The van der Waals surface area contributed by atoms with Crippen LogP contribution in [0, 0.1) is 0 Å². The highest BCUT2D eigenvalue weighted by Crippen LogP contribution is 2.35. The number of piperidine rings is 1. The largest absolute Gasteiger partial charge is 0.493 e. The topological polar surface area (TPSA) is 54.5 Å². The van der Waals surface area contributed by atoms with Gasteiger partial charge < -0.3 is 15.0 Å². The van der Waals surface area contributed by atoms with Crippen molar-refractivity contribution in [2.75, 3.05) is 29.9 Å². The number of benzene rings is 2. The normalized spacial score (nSPS) is 17.8. The van der Waals surface area contributed by atoms with E-state index in [1.165, 1.54) is 11.3 Å². The molecule has 0 unspecified atom stereocenters. The van der Waals surface area contributed by atoms with E-state index in [2.05, 4.69) is 10.3 Å². The van der Waals surface area contributed by atoms with Crippen LogP contribution in [0.2, 0.25) is 0 Å². The fourth-order valence-corrected chi connectivity index (χ4v) is 4.76. The number of alkyl halides is 2. The molecule has 1 saturated heterocycles. The van der Waals surface area contributed by atoms with Crippen LogP contribution in [0.25, 0.3) is 10.2 Å². The van der Waals surface area contributed by atoms with Crippen LogP contribution in [-0.4, -0.2) is 36.5 Å². The molecule has 2 aliphatic heterocycles. The number of nitrogens with one attached hydrogen (secondary N) is 1. The van der Waals surface area contributed by atoms with Gasteiger partial charge in [-0.25, -0.2) is 13.8 Å². The highest BCUT2D eigenvalue weighted by atomic mass is 32.1. The third-order valence-corrected chi connectivity index (χ3v) is 6.35. The van der Waals surface area contributed by atoms with Crippen molar-refractivity contribution in [1.29, 1.82) is 0 Å². The molecule has 0 aliphatic carbocycles. The van der Waals surface area contributed by atoms with Crippen LogP contribution < -0.4 is 15.0 Å². The molecule has 5 nitrogen and oxygen atoms in total. The second kappa shape index (κ2) is 6.95. The maximum atomic E-state index is 13.7. The van der Waals surface area contributed by atoms with Crippen LogP contribution in [0.5, 0.6) is 5.75 Å². The summed E-state index contributed by atoms with van der Waals surface area (Å²) in [6.45, 7) is 0.936. The van der Waals surface area contributed by atoms with Gasteiger partial charge in [-0.05, 0) is 48.4 Å². The monoisotopic (exact) mass is 415 g/mol. The lowest BCUT2D eigenvalue weighted by Crippen LogP contribution is -2.42. The summed E-state index contributed by atoms with van der Waals surface area (Å²) < 4.78 is 33.8. The molecule has 0 radical (unpaired) electrons. The first kappa shape index (κ1) is 18.3. The fourth-order valence-electron chi connectivity index (χ4n) is 3.79. The summed E-state index contributed by atoms with van der Waals surface area (Å²) in [5.41, 5.74) is 2.93. The molecule has 2 aliphatic rings. The number of nitrogens with zero attached hydrogens (tertiary/aromatic N) is 2. The van der Waals surface area contributed by atoms with Gasteiger partial charge in [0.25, 0.3) is 11.8 Å². The number of hydrogen-bond acceptors (Lipinski definition) is 5. The van der Waals surface area contributed by atoms with Crippen LogP contribution in [-0.2, 0) is 6.42 Å². The number of fused-ring (bicyclic) bond motifs is 2. The standard InChI is InChI=1S/C21H19F2N3O2S/c22-21(23)7-1-8-26(12-21)20-25-16-11-15(3-5-18(16)29-20)24-19(27)14-2-4-17-13(10-14)6-9-28-17/h2-5,10-11H,1,6-9,12H2,(H,24,27). The molecule has 0 bridgehead atoms. The molecule has 0 saturated carbocycles. The van der Waals surface area contributed by atoms with E-state index in [0.29, 0.717) is 41.5 Å². The highest BCUT2D eigenvalue weighted by molar-refractivity contribution is 7.22. The van der Waals surface area contributed by atoms with Gasteiger partial charge >= 0.3 is 0 Å². The maximum Gasteiger partial charge on any atom is 0.265 e. The molecule has 0 spiro atoms. The number of carbonyl (C=O) groups excluding carboxylic acids is 1. The van der Waals surface area contributed by atoms with E-state index in [-0.39, 0.29) is 18.9 Å². The molecule has 5 rings (SSSR count). The molecule has 0 atom stereocenters. The Bertz CT molecular complexity index is 1100. The number of aromatic nitrogens is 1. The zero-order valence-electron chi connectivity index (χ0n) is 15.6. The van der Waals surface area contributed by atoms with Gasteiger partial charge in [0.05, 0.1) is 23.4 Å². The second-order valence-corrected chi connectivity index (χ2v) is 8.44. The number of ether oxygens (including phenoxy) is 1. The first-order valence-electron chi connectivity index (χ1n) is 9.57. The number of halogens is 2. The van der Waals surface area contributed by atoms with E-state index in [1.54, 1.807) is 17.0 Å². The lowest BCUT2D eigenvalue weighted by atomic mass is 10.1. The number of carbonyl (C=O) groups is 1. The average molecular weight is 415 g/mol. The highest BCUT2D eigenvalue weighted by Gasteiger charge is 2.36. The molecule has 29 heavy (non-hydrogen) atoms. The Labute approximate surface area is 170 Å². The number of thiazole rings is 1. The van der Waals surface area contributed by atoms with E-state index in [0.717, 1.165) is 22.4 Å². The summed E-state index contributed by atoms with van der Waals surface area (Å²) in [7, 11) is 0. The fraction of sp³-hybridized carbons (Fsp3) is 0.333. The van der Waals surface area contributed by atoms with Crippen LogP contribution >= 0.6 is 11.3 Å². The van der Waals surface area contributed by atoms with Crippen LogP contribution in [0.3, 0.4) is 0 Å². The van der Waals surface area contributed by atoms with Crippen LogP contribution in [0.15, 0.2) is 36.4 Å². The summed E-state index contributed by atoms with van der Waals surface area (Å²) in [5.74, 6) is -2.04. The van der Waals surface area contributed by atoms with E-state index >= 15 is 0 Å². The van der Waals surface area contributed by atoms with Crippen molar-refractivity contribution in [2.45, 2.75) is 25.2 Å². The minimum atomic E-state index is -2.67. The maximum absolute atomic E-state index is 13.7. The van der Waals surface area contributed by atoms with Crippen molar-refractivity contribution in [1.82, 2.24) is 4.98 Å². The second-order valence-electron chi connectivity index (χ2n) is 7.44. The smallest absolute Gasteiger partial charge is 0.265 e. The first-order valence-corrected chi connectivity index (χ1v) is 10.4. The SMILES string of the molecule is O=C(Nc1ccc2sc(N3CCCC(F)(F)C3)nc2c1)c1ccc2c(c1)CCO2. The molecule has 2 aromatic carbocycles. The quantitative estimate of drug-likeness (QED) is 0.673. The molecule has 1 amide bonds. The van der Waals surface area contributed by atoms with Gasteiger partial charge in [0, 0.05) is 30.6 Å². The Kier molecular flexibility index (Phi) is 4.38. The van der Waals surface area contributed by atoms with Gasteiger partial charge in [0.2, 0.25) is 0 Å². The van der Waals surface area contributed by atoms with Crippen molar-refractivity contribution in [3.8, 4) is 5.75 Å². The van der Waals surface area contributed by atoms with Gasteiger partial charge in [-0.3, -0.25) is 4.79 Å². The predicted octanol–water partition coefficient (Wildman–Crippen LogP) is 4.72. The third kappa shape index (κ3) is 3.64. The van der Waals surface area contributed by atoms with Gasteiger partial charge in [0.1, 0.15) is 5.75 Å². The van der Waals surface area contributed by atoms with Gasteiger partial charge in [-0.1, -0.05) is 11.3 Å². The molecule has 1 fully saturated rings. The first-order chi connectivity index (χ1) is 14.0. The Hall–Kier alpha value is -2.74. The lowest BCUT2D eigenvalue weighted by Gasteiger charge is -2.32. The average Bonchev–Trinajstić information content (AvgIpc) is 3.33. The van der Waals surface area contributed by atoms with E-state index in [4.69, 9.17) is 4.74 Å². The zero-order valence-corrected chi connectivity index (χ0v) is 16.4. The van der Waals surface area contributed by atoms with Crippen LogP contribution in [0.4, 0.5) is 19.6 Å².